The summed E-state index contributed by atoms with van der Waals surface area (Å²) >= 11 is 0. The number of hydrogen-bond acceptors (Lipinski definition) is 3. The molecule has 1 amide bonds. The molecule has 0 aromatic carbocycles. The Hall–Kier alpha value is -0.610. The fourth-order valence-corrected chi connectivity index (χ4v) is 2.20. The molecular weight excluding hydrogens is 216 g/mol. The monoisotopic (exact) mass is 242 g/mol. The van der Waals surface area contributed by atoms with Gasteiger partial charge in [0, 0.05) is 19.7 Å². The summed E-state index contributed by atoms with van der Waals surface area (Å²) in [6.07, 6.45) is 3.51. The molecule has 1 aliphatic rings. The van der Waals surface area contributed by atoms with Crippen molar-refractivity contribution in [3.63, 3.8) is 0 Å². The Kier molecular flexibility index (Phi) is 6.52. The third kappa shape index (κ3) is 4.64. The van der Waals surface area contributed by atoms with E-state index >= 15 is 0 Å². The Morgan fingerprint density at radius 2 is 2.24 bits per heavy atom. The summed E-state index contributed by atoms with van der Waals surface area (Å²) in [5.74, 6) is 0.653. The Morgan fingerprint density at radius 1 is 1.47 bits per heavy atom. The topological polar surface area (TPSA) is 50.4 Å². The van der Waals surface area contributed by atoms with E-state index in [4.69, 9.17) is 4.74 Å². The van der Waals surface area contributed by atoms with E-state index in [1.54, 1.807) is 0 Å². The second-order valence-corrected chi connectivity index (χ2v) is 4.79. The lowest BCUT2D eigenvalue weighted by Crippen LogP contribution is -2.44. The molecule has 0 bridgehead atoms. The fraction of sp³-hybridized carbons (Fsp3) is 0.923. The average Bonchev–Trinajstić information content (AvgIpc) is 2.80. The Labute approximate surface area is 104 Å². The van der Waals surface area contributed by atoms with Gasteiger partial charge in [0.1, 0.15) is 0 Å². The van der Waals surface area contributed by atoms with Gasteiger partial charge in [-0.2, -0.15) is 0 Å². The van der Waals surface area contributed by atoms with Crippen LogP contribution in [-0.2, 0) is 9.53 Å². The van der Waals surface area contributed by atoms with Gasteiger partial charge in [0.25, 0.3) is 0 Å². The molecule has 0 aliphatic carbocycles. The normalized spacial score (nSPS) is 25.8. The molecule has 17 heavy (non-hydrogen) atoms. The number of amides is 1. The molecule has 0 aromatic heterocycles. The zero-order valence-electron chi connectivity index (χ0n) is 11.3. The Bertz CT molecular complexity index is 233. The number of hydrogen-bond donors (Lipinski definition) is 2. The highest BCUT2D eigenvalue weighted by molar-refractivity contribution is 5.81. The van der Waals surface area contributed by atoms with Crippen LogP contribution in [0, 0.1) is 5.92 Å². The molecule has 100 valence electrons. The lowest BCUT2D eigenvalue weighted by Gasteiger charge is -2.20. The van der Waals surface area contributed by atoms with Crippen LogP contribution in [0.25, 0.3) is 0 Å². The number of nitrogens with one attached hydrogen (secondary N) is 2. The Morgan fingerprint density at radius 3 is 2.88 bits per heavy atom. The van der Waals surface area contributed by atoms with E-state index in [0.717, 1.165) is 39.0 Å². The largest absolute Gasteiger partial charge is 0.378 e. The molecule has 1 saturated heterocycles. The van der Waals surface area contributed by atoms with Gasteiger partial charge in [-0.15, -0.1) is 0 Å². The molecule has 4 heteroatoms. The second-order valence-electron chi connectivity index (χ2n) is 4.79. The van der Waals surface area contributed by atoms with E-state index in [-0.39, 0.29) is 11.9 Å². The second kappa shape index (κ2) is 7.67. The standard InChI is InChI=1S/C13H26N2O2/c1-4-7-14-13(16)10(3)15-9-11-6-8-17-12(11)5-2/h10-12,15H,4-9H2,1-3H3,(H,14,16). The minimum Gasteiger partial charge on any atom is -0.378 e. The van der Waals surface area contributed by atoms with Crippen LogP contribution in [0.5, 0.6) is 0 Å². The van der Waals surface area contributed by atoms with Gasteiger partial charge in [0.15, 0.2) is 0 Å². The van der Waals surface area contributed by atoms with Crippen molar-refractivity contribution in [3.05, 3.63) is 0 Å². The molecule has 0 spiro atoms. The van der Waals surface area contributed by atoms with Crippen molar-refractivity contribution in [2.45, 2.75) is 52.2 Å². The first kappa shape index (κ1) is 14.5. The van der Waals surface area contributed by atoms with Gasteiger partial charge < -0.3 is 15.4 Å². The lowest BCUT2D eigenvalue weighted by molar-refractivity contribution is -0.122. The minimum absolute atomic E-state index is 0.0961. The summed E-state index contributed by atoms with van der Waals surface area (Å²) in [5.41, 5.74) is 0. The van der Waals surface area contributed by atoms with Gasteiger partial charge in [0.05, 0.1) is 12.1 Å². The smallest absolute Gasteiger partial charge is 0.236 e. The zero-order chi connectivity index (χ0) is 12.7. The maximum absolute atomic E-state index is 11.7. The number of carbonyl (C=O) groups excluding carboxylic acids is 1. The van der Waals surface area contributed by atoms with Crippen molar-refractivity contribution in [2.24, 2.45) is 5.92 Å². The lowest BCUT2D eigenvalue weighted by atomic mass is 9.99. The molecule has 1 rings (SSSR count). The Balaban J connectivity index is 2.22. The molecule has 0 saturated carbocycles. The zero-order valence-corrected chi connectivity index (χ0v) is 11.3. The SMILES string of the molecule is CCCNC(=O)C(C)NCC1CCOC1CC. The van der Waals surface area contributed by atoms with Crippen LogP contribution in [0.4, 0.5) is 0 Å². The van der Waals surface area contributed by atoms with Crippen molar-refractivity contribution in [2.75, 3.05) is 19.7 Å². The molecule has 0 aromatic rings. The van der Waals surface area contributed by atoms with Crippen LogP contribution < -0.4 is 10.6 Å². The maximum Gasteiger partial charge on any atom is 0.236 e. The van der Waals surface area contributed by atoms with E-state index in [9.17, 15) is 4.79 Å². The van der Waals surface area contributed by atoms with E-state index in [1.165, 1.54) is 0 Å². The van der Waals surface area contributed by atoms with Crippen LogP contribution in [0.3, 0.4) is 0 Å². The average molecular weight is 242 g/mol. The predicted octanol–water partition coefficient (Wildman–Crippen LogP) is 1.31. The molecule has 3 unspecified atom stereocenters. The number of rotatable bonds is 7. The van der Waals surface area contributed by atoms with E-state index in [1.807, 2.05) is 6.92 Å². The van der Waals surface area contributed by atoms with E-state index in [2.05, 4.69) is 24.5 Å². The van der Waals surface area contributed by atoms with Gasteiger partial charge in [0.2, 0.25) is 5.91 Å². The van der Waals surface area contributed by atoms with Crippen molar-refractivity contribution in [3.8, 4) is 0 Å². The first-order valence-electron chi connectivity index (χ1n) is 6.81. The first-order chi connectivity index (χ1) is 8.19. The molecule has 2 N–H and O–H groups in total. The quantitative estimate of drug-likeness (QED) is 0.707. The first-order valence-corrected chi connectivity index (χ1v) is 6.81. The number of carbonyl (C=O) groups is 1. The highest BCUT2D eigenvalue weighted by atomic mass is 16.5. The van der Waals surface area contributed by atoms with Crippen molar-refractivity contribution >= 4 is 5.91 Å². The highest BCUT2D eigenvalue weighted by Crippen LogP contribution is 2.22. The highest BCUT2D eigenvalue weighted by Gasteiger charge is 2.27. The predicted molar refractivity (Wildman–Crippen MR) is 68.9 cm³/mol. The molecular formula is C13H26N2O2. The fourth-order valence-electron chi connectivity index (χ4n) is 2.20. The van der Waals surface area contributed by atoms with Crippen molar-refractivity contribution in [1.29, 1.82) is 0 Å². The summed E-state index contributed by atoms with van der Waals surface area (Å²) < 4.78 is 5.63. The van der Waals surface area contributed by atoms with Gasteiger partial charge in [-0.25, -0.2) is 0 Å². The minimum atomic E-state index is -0.111. The van der Waals surface area contributed by atoms with Crippen LogP contribution in [0.15, 0.2) is 0 Å². The number of ether oxygens (including phenoxy) is 1. The summed E-state index contributed by atoms with van der Waals surface area (Å²) in [7, 11) is 0. The molecule has 1 fully saturated rings. The van der Waals surface area contributed by atoms with Crippen LogP contribution >= 0.6 is 0 Å². The molecule has 1 heterocycles. The summed E-state index contributed by atoms with van der Waals surface area (Å²) in [5, 5.41) is 6.21. The molecule has 0 radical (unpaired) electrons. The molecule has 1 aliphatic heterocycles. The van der Waals surface area contributed by atoms with Gasteiger partial charge in [-0.3, -0.25) is 4.79 Å². The van der Waals surface area contributed by atoms with Crippen LogP contribution in [0.2, 0.25) is 0 Å². The summed E-state index contributed by atoms with van der Waals surface area (Å²) in [4.78, 5) is 11.7. The van der Waals surface area contributed by atoms with Crippen LogP contribution in [-0.4, -0.2) is 37.7 Å². The van der Waals surface area contributed by atoms with Gasteiger partial charge in [-0.1, -0.05) is 13.8 Å². The third-order valence-corrected chi connectivity index (χ3v) is 3.38. The van der Waals surface area contributed by atoms with Crippen LogP contribution in [0.1, 0.15) is 40.0 Å². The summed E-state index contributed by atoms with van der Waals surface area (Å²) in [6, 6.07) is -0.111. The van der Waals surface area contributed by atoms with Crippen molar-refractivity contribution in [1.82, 2.24) is 10.6 Å². The third-order valence-electron chi connectivity index (χ3n) is 3.38. The van der Waals surface area contributed by atoms with E-state index in [0.29, 0.717) is 12.0 Å². The maximum atomic E-state index is 11.7. The summed E-state index contributed by atoms with van der Waals surface area (Å²) in [6.45, 7) is 8.62. The molecule has 3 atom stereocenters. The van der Waals surface area contributed by atoms with Gasteiger partial charge in [-0.05, 0) is 32.1 Å². The molecule has 4 nitrogen and oxygen atoms in total. The van der Waals surface area contributed by atoms with Gasteiger partial charge >= 0.3 is 0 Å². The van der Waals surface area contributed by atoms with Crippen molar-refractivity contribution < 1.29 is 9.53 Å². The van der Waals surface area contributed by atoms with E-state index < -0.39 is 0 Å².